The smallest absolute Gasteiger partial charge is 0.418 e. The first-order chi connectivity index (χ1) is 7.40. The maximum Gasteiger partial charge on any atom is 0.673 e. The van der Waals surface area contributed by atoms with Crippen molar-refractivity contribution < 1.29 is 21.8 Å². The molecule has 92 valence electrons. The summed E-state index contributed by atoms with van der Waals surface area (Å²) in [6.07, 6.45) is 5.61. The molecule has 0 spiro atoms. The van der Waals surface area contributed by atoms with E-state index in [0.29, 0.717) is 0 Å². The van der Waals surface area contributed by atoms with Crippen LogP contribution >= 0.6 is 23.1 Å². The lowest BCUT2D eigenvalue weighted by Crippen LogP contribution is -2.39. The number of halogens is 4. The lowest BCUT2D eigenvalue weighted by atomic mass is 10.3. The Bertz CT molecular complexity index is 312. The minimum Gasteiger partial charge on any atom is -0.418 e. The third-order valence-corrected chi connectivity index (χ3v) is 3.91. The second-order valence-electron chi connectivity index (χ2n) is 3.03. The van der Waals surface area contributed by atoms with Crippen molar-refractivity contribution in [3.8, 4) is 0 Å². The summed E-state index contributed by atoms with van der Waals surface area (Å²) in [6.45, 7) is 2.31. The molecule has 1 aliphatic rings. The fraction of sp³-hybridized carbons (Fsp3) is 0.571. The molecular formula is C7H11BF4N2S2. The topological polar surface area (TPSA) is 15.9 Å². The monoisotopic (exact) mass is 274 g/mol. The molecule has 1 N–H and O–H groups in total. The zero-order valence-corrected chi connectivity index (χ0v) is 10.2. The van der Waals surface area contributed by atoms with Gasteiger partial charge in [-0.25, -0.2) is 4.57 Å². The van der Waals surface area contributed by atoms with Gasteiger partial charge in [0, 0.05) is 6.42 Å². The van der Waals surface area contributed by atoms with E-state index in [1.54, 1.807) is 0 Å². The molecule has 0 saturated carbocycles. The zero-order valence-electron chi connectivity index (χ0n) is 8.55. The third kappa shape index (κ3) is 5.06. The van der Waals surface area contributed by atoms with E-state index >= 15 is 0 Å². The zero-order chi connectivity index (χ0) is 12.2. The van der Waals surface area contributed by atoms with Crippen LogP contribution in [0.3, 0.4) is 0 Å². The summed E-state index contributed by atoms with van der Waals surface area (Å²) in [7, 11) is -6.00. The van der Waals surface area contributed by atoms with Crippen LogP contribution in [0.4, 0.5) is 22.4 Å². The standard InChI is InChI=1S/C7H10N2S2.BF4/c1-10-6-5-9-4-2-3-8-7(9)11-6;2-1(3,4)5/h5H,2-4H2,1H3;/q;-1/p+1. The minimum absolute atomic E-state index is 1.13. The maximum atomic E-state index is 9.75. The summed E-state index contributed by atoms with van der Waals surface area (Å²) in [4.78, 5) is 0. The molecule has 0 unspecified atom stereocenters. The predicted molar refractivity (Wildman–Crippen MR) is 59.6 cm³/mol. The first-order valence-electron chi connectivity index (χ1n) is 4.58. The Morgan fingerprint density at radius 2 is 2.06 bits per heavy atom. The van der Waals surface area contributed by atoms with Crippen molar-refractivity contribution in [1.82, 2.24) is 0 Å². The van der Waals surface area contributed by atoms with E-state index in [2.05, 4.69) is 22.3 Å². The van der Waals surface area contributed by atoms with Crippen LogP contribution in [0, 0.1) is 0 Å². The highest BCUT2D eigenvalue weighted by atomic mass is 32.2. The van der Waals surface area contributed by atoms with E-state index in [0.717, 1.165) is 6.54 Å². The van der Waals surface area contributed by atoms with Crippen LogP contribution < -0.4 is 9.88 Å². The van der Waals surface area contributed by atoms with Crippen molar-refractivity contribution in [2.24, 2.45) is 0 Å². The Kier molecular flexibility index (Phi) is 4.91. The van der Waals surface area contributed by atoms with Crippen molar-refractivity contribution in [3.05, 3.63) is 6.20 Å². The maximum absolute atomic E-state index is 9.75. The van der Waals surface area contributed by atoms with Gasteiger partial charge in [0.15, 0.2) is 0 Å². The van der Waals surface area contributed by atoms with Crippen LogP contribution in [-0.2, 0) is 6.54 Å². The van der Waals surface area contributed by atoms with Crippen LogP contribution in [0.2, 0.25) is 0 Å². The Morgan fingerprint density at radius 1 is 1.44 bits per heavy atom. The molecule has 16 heavy (non-hydrogen) atoms. The number of rotatable bonds is 1. The Labute approximate surface area is 99.2 Å². The van der Waals surface area contributed by atoms with Crippen molar-refractivity contribution in [2.45, 2.75) is 17.2 Å². The third-order valence-electron chi connectivity index (χ3n) is 1.77. The van der Waals surface area contributed by atoms with Crippen LogP contribution in [-0.4, -0.2) is 20.1 Å². The van der Waals surface area contributed by atoms with E-state index in [1.807, 2.05) is 23.1 Å². The normalized spacial score (nSPS) is 14.6. The number of aromatic nitrogens is 1. The number of hydrogen-bond donors (Lipinski definition) is 1. The van der Waals surface area contributed by atoms with Crippen molar-refractivity contribution in [3.63, 3.8) is 0 Å². The Morgan fingerprint density at radius 3 is 2.56 bits per heavy atom. The van der Waals surface area contributed by atoms with Gasteiger partial charge in [0.05, 0.1) is 13.1 Å². The molecular weight excluding hydrogens is 263 g/mol. The van der Waals surface area contributed by atoms with Gasteiger partial charge in [0.25, 0.3) is 0 Å². The molecule has 0 aliphatic carbocycles. The number of aryl methyl sites for hydroxylation is 1. The highest BCUT2D eigenvalue weighted by Gasteiger charge is 2.20. The number of fused-ring (bicyclic) bond motifs is 1. The second kappa shape index (κ2) is 5.76. The molecule has 2 nitrogen and oxygen atoms in total. The van der Waals surface area contributed by atoms with E-state index < -0.39 is 7.25 Å². The molecule has 9 heteroatoms. The first kappa shape index (κ1) is 13.6. The highest BCUT2D eigenvalue weighted by Crippen LogP contribution is 2.25. The van der Waals surface area contributed by atoms with E-state index in [1.165, 1.54) is 22.3 Å². The summed E-state index contributed by atoms with van der Waals surface area (Å²) in [5, 5.41) is 4.71. The summed E-state index contributed by atoms with van der Waals surface area (Å²) in [6, 6.07) is 0. The van der Waals surface area contributed by atoms with Crippen LogP contribution in [0.1, 0.15) is 6.42 Å². The first-order valence-corrected chi connectivity index (χ1v) is 6.62. The number of thiazole rings is 1. The molecule has 2 rings (SSSR count). The Hall–Kier alpha value is -0.435. The van der Waals surface area contributed by atoms with Crippen molar-refractivity contribution >= 4 is 35.5 Å². The van der Waals surface area contributed by atoms with Gasteiger partial charge in [0.2, 0.25) is 0 Å². The molecule has 0 bridgehead atoms. The van der Waals surface area contributed by atoms with Crippen molar-refractivity contribution in [2.75, 3.05) is 18.1 Å². The molecule has 2 heterocycles. The van der Waals surface area contributed by atoms with E-state index in [9.17, 15) is 17.3 Å². The molecule has 0 amide bonds. The van der Waals surface area contributed by atoms with Crippen LogP contribution in [0.25, 0.3) is 0 Å². The molecule has 1 aromatic heterocycles. The minimum atomic E-state index is -6.00. The SMILES string of the molecule is CSc1c[n+]2c(s1)NCCC2.F[B-](F)(F)F. The highest BCUT2D eigenvalue weighted by molar-refractivity contribution is 8.00. The van der Waals surface area contributed by atoms with Gasteiger partial charge in [-0.2, -0.15) is 0 Å². The fourth-order valence-electron chi connectivity index (χ4n) is 1.21. The van der Waals surface area contributed by atoms with E-state index in [-0.39, 0.29) is 0 Å². The lowest BCUT2D eigenvalue weighted by molar-refractivity contribution is -0.683. The van der Waals surface area contributed by atoms with Gasteiger partial charge in [-0.15, -0.1) is 11.8 Å². The fourth-order valence-corrected chi connectivity index (χ4v) is 2.82. The molecule has 0 aromatic carbocycles. The Balaban J connectivity index is 0.000000221. The summed E-state index contributed by atoms with van der Waals surface area (Å²) in [5.41, 5.74) is 0. The van der Waals surface area contributed by atoms with E-state index in [4.69, 9.17) is 0 Å². The van der Waals surface area contributed by atoms with Crippen LogP contribution in [0.5, 0.6) is 0 Å². The number of nitrogens with one attached hydrogen (secondary N) is 1. The summed E-state index contributed by atoms with van der Waals surface area (Å²) in [5.74, 6) is 0. The average molecular weight is 274 g/mol. The molecule has 1 aliphatic heterocycles. The van der Waals surface area contributed by atoms with Gasteiger partial charge in [-0.05, 0) is 17.6 Å². The molecule has 0 atom stereocenters. The van der Waals surface area contributed by atoms with Crippen molar-refractivity contribution in [1.29, 1.82) is 0 Å². The number of nitrogens with zero attached hydrogens (tertiary/aromatic N) is 1. The summed E-state index contributed by atoms with van der Waals surface area (Å²) >= 11 is 3.67. The quantitative estimate of drug-likeness (QED) is 0.367. The summed E-state index contributed by atoms with van der Waals surface area (Å²) < 4.78 is 42.7. The largest absolute Gasteiger partial charge is 0.673 e. The number of anilines is 1. The molecule has 0 fully saturated rings. The van der Waals surface area contributed by atoms with Gasteiger partial charge in [-0.3, -0.25) is 5.32 Å². The van der Waals surface area contributed by atoms with Crippen LogP contribution in [0.15, 0.2) is 10.4 Å². The van der Waals surface area contributed by atoms with Gasteiger partial charge < -0.3 is 17.3 Å². The molecule has 0 saturated heterocycles. The molecule has 0 radical (unpaired) electrons. The second-order valence-corrected chi connectivity index (χ2v) is 5.17. The number of thioether (sulfide) groups is 1. The molecule has 1 aromatic rings. The van der Waals surface area contributed by atoms with Gasteiger partial charge in [0.1, 0.15) is 10.4 Å². The van der Waals surface area contributed by atoms with Gasteiger partial charge >= 0.3 is 12.4 Å². The average Bonchev–Trinajstić information content (AvgIpc) is 2.57. The lowest BCUT2D eigenvalue weighted by Gasteiger charge is -2.05. The predicted octanol–water partition coefficient (Wildman–Crippen LogP) is 2.87. The van der Waals surface area contributed by atoms with Gasteiger partial charge in [-0.1, -0.05) is 0 Å². The number of hydrogen-bond acceptors (Lipinski definition) is 3.